The van der Waals surface area contributed by atoms with Crippen molar-refractivity contribution in [2.45, 2.75) is 13.8 Å². The lowest BCUT2D eigenvalue weighted by atomic mass is 10.1. The number of aromatic nitrogens is 1. The van der Waals surface area contributed by atoms with Crippen molar-refractivity contribution < 1.29 is 4.92 Å². The van der Waals surface area contributed by atoms with Crippen molar-refractivity contribution in [2.24, 2.45) is 0 Å². The van der Waals surface area contributed by atoms with Crippen LogP contribution in [0.3, 0.4) is 0 Å². The fourth-order valence-corrected chi connectivity index (χ4v) is 3.27. The van der Waals surface area contributed by atoms with E-state index in [1.54, 1.807) is 18.2 Å². The number of nitriles is 1. The van der Waals surface area contributed by atoms with Crippen molar-refractivity contribution in [1.82, 2.24) is 4.98 Å². The van der Waals surface area contributed by atoms with E-state index < -0.39 is 4.92 Å². The van der Waals surface area contributed by atoms with E-state index in [1.807, 2.05) is 24.4 Å². The second-order valence-corrected chi connectivity index (χ2v) is 6.78. The Balaban J connectivity index is 1.88. The Morgan fingerprint density at radius 3 is 2.74 bits per heavy atom. The number of aryl methyl sites for hydroxylation is 2. The summed E-state index contributed by atoms with van der Waals surface area (Å²) in [5.41, 5.74) is 4.75. The van der Waals surface area contributed by atoms with Gasteiger partial charge in [0.2, 0.25) is 0 Å². The van der Waals surface area contributed by atoms with Gasteiger partial charge in [-0.1, -0.05) is 24.3 Å². The van der Waals surface area contributed by atoms with E-state index in [4.69, 9.17) is 0 Å². The monoisotopic (exact) mass is 376 g/mol. The van der Waals surface area contributed by atoms with Crippen molar-refractivity contribution in [2.75, 3.05) is 5.32 Å². The molecule has 0 unspecified atom stereocenters. The summed E-state index contributed by atoms with van der Waals surface area (Å²) in [4.78, 5) is 15.2. The van der Waals surface area contributed by atoms with Gasteiger partial charge in [-0.15, -0.1) is 11.3 Å². The minimum atomic E-state index is -0.469. The number of nitro groups is 1. The number of benzene rings is 2. The van der Waals surface area contributed by atoms with Gasteiger partial charge in [-0.05, 0) is 37.1 Å². The summed E-state index contributed by atoms with van der Waals surface area (Å²) in [5.74, 6) is 0. The van der Waals surface area contributed by atoms with Crippen molar-refractivity contribution in [3.05, 3.63) is 80.3 Å². The van der Waals surface area contributed by atoms with Gasteiger partial charge in [-0.2, -0.15) is 5.26 Å². The lowest BCUT2D eigenvalue weighted by Gasteiger charge is -2.03. The molecule has 0 amide bonds. The molecule has 0 radical (unpaired) electrons. The first kappa shape index (κ1) is 18.3. The van der Waals surface area contributed by atoms with Crippen molar-refractivity contribution in [3.63, 3.8) is 0 Å². The van der Waals surface area contributed by atoms with E-state index in [9.17, 15) is 15.4 Å². The first-order chi connectivity index (χ1) is 13.0. The Kier molecular flexibility index (Phi) is 5.29. The van der Waals surface area contributed by atoms with Crippen molar-refractivity contribution in [1.29, 1.82) is 5.26 Å². The molecule has 2 aromatic carbocycles. The van der Waals surface area contributed by atoms with E-state index in [-0.39, 0.29) is 5.69 Å². The Hall–Kier alpha value is -3.50. The van der Waals surface area contributed by atoms with Gasteiger partial charge in [0.05, 0.1) is 10.6 Å². The molecular formula is C20H16N4O2S. The summed E-state index contributed by atoms with van der Waals surface area (Å²) < 4.78 is 0. The zero-order chi connectivity index (χ0) is 19.4. The van der Waals surface area contributed by atoms with Gasteiger partial charge < -0.3 is 5.32 Å². The highest BCUT2D eigenvalue weighted by atomic mass is 32.1. The van der Waals surface area contributed by atoms with Crippen LogP contribution in [0.4, 0.5) is 11.4 Å². The average Bonchev–Trinajstić information content (AvgIpc) is 3.14. The van der Waals surface area contributed by atoms with Crippen LogP contribution in [0.5, 0.6) is 0 Å². The molecule has 134 valence electrons. The first-order valence-corrected chi connectivity index (χ1v) is 9.01. The number of nitrogens with one attached hydrogen (secondary N) is 1. The van der Waals surface area contributed by atoms with Gasteiger partial charge in [0.25, 0.3) is 5.69 Å². The Bertz CT molecular complexity index is 1080. The number of hydrogen-bond donors (Lipinski definition) is 1. The van der Waals surface area contributed by atoms with Gasteiger partial charge in [0, 0.05) is 23.2 Å². The third-order valence-corrected chi connectivity index (χ3v) is 5.01. The zero-order valence-corrected chi connectivity index (χ0v) is 15.6. The van der Waals surface area contributed by atoms with Crippen LogP contribution in [0.15, 0.2) is 54.0 Å². The van der Waals surface area contributed by atoms with Crippen LogP contribution in [0, 0.1) is 35.3 Å². The molecule has 0 fully saturated rings. The maximum Gasteiger partial charge on any atom is 0.292 e. The molecule has 3 rings (SSSR count). The second-order valence-electron chi connectivity index (χ2n) is 5.93. The molecule has 0 aliphatic heterocycles. The standard InChI is InChI=1S/C20H16N4O2S/c1-13-7-8-15(9-14(13)2)18-12-27-20(23-18)16(10-21)11-22-17-5-3-4-6-19(17)24(25)26/h3-9,11-12,22H,1-2H3. The SMILES string of the molecule is Cc1ccc(-c2csc(C(C#N)=CNc3ccccc3[N+](=O)[O-])n2)cc1C. The fraction of sp³-hybridized carbons (Fsp3) is 0.100. The van der Waals surface area contributed by atoms with Crippen molar-refractivity contribution >= 4 is 28.3 Å². The van der Waals surface area contributed by atoms with Crippen LogP contribution in [0.1, 0.15) is 16.1 Å². The number of nitro benzene ring substituents is 1. The molecule has 7 heteroatoms. The molecule has 27 heavy (non-hydrogen) atoms. The number of allylic oxidation sites excluding steroid dienone is 1. The highest BCUT2D eigenvalue weighted by Gasteiger charge is 2.13. The van der Waals surface area contributed by atoms with Crippen LogP contribution in [-0.2, 0) is 0 Å². The number of anilines is 1. The normalized spacial score (nSPS) is 11.1. The Morgan fingerprint density at radius 2 is 2.04 bits per heavy atom. The number of nitrogens with zero attached hydrogens (tertiary/aromatic N) is 3. The van der Waals surface area contributed by atoms with Gasteiger partial charge in [0.1, 0.15) is 22.3 Å². The molecule has 6 nitrogen and oxygen atoms in total. The molecule has 1 aromatic heterocycles. The molecule has 0 aliphatic carbocycles. The maximum atomic E-state index is 11.1. The van der Waals surface area contributed by atoms with Gasteiger partial charge >= 0.3 is 0 Å². The predicted octanol–water partition coefficient (Wildman–Crippen LogP) is 5.31. The summed E-state index contributed by atoms with van der Waals surface area (Å²) in [7, 11) is 0. The molecule has 1 heterocycles. The van der Waals surface area contributed by atoms with Crippen LogP contribution in [0.25, 0.3) is 16.8 Å². The molecule has 0 aliphatic rings. The quantitative estimate of drug-likeness (QED) is 0.370. The lowest BCUT2D eigenvalue weighted by molar-refractivity contribution is -0.383. The fourth-order valence-electron chi connectivity index (χ4n) is 2.48. The molecule has 1 N–H and O–H groups in total. The van der Waals surface area contributed by atoms with Crippen molar-refractivity contribution in [3.8, 4) is 17.3 Å². The topological polar surface area (TPSA) is 91.8 Å². The van der Waals surface area contributed by atoms with E-state index in [2.05, 4.69) is 29.4 Å². The summed E-state index contributed by atoms with van der Waals surface area (Å²) >= 11 is 1.36. The smallest absolute Gasteiger partial charge is 0.292 e. The molecule has 0 bridgehead atoms. The van der Waals surface area contributed by atoms with E-state index in [0.29, 0.717) is 16.3 Å². The summed E-state index contributed by atoms with van der Waals surface area (Å²) in [6.07, 6.45) is 1.45. The zero-order valence-electron chi connectivity index (χ0n) is 14.8. The number of para-hydroxylation sites is 2. The third kappa shape index (κ3) is 4.02. The van der Waals surface area contributed by atoms with E-state index in [1.165, 1.54) is 34.7 Å². The highest BCUT2D eigenvalue weighted by molar-refractivity contribution is 7.11. The minimum absolute atomic E-state index is 0.0546. The van der Waals surface area contributed by atoms with Crippen LogP contribution in [-0.4, -0.2) is 9.91 Å². The summed E-state index contributed by atoms with van der Waals surface area (Å²) in [6.45, 7) is 4.10. The molecular weight excluding hydrogens is 360 g/mol. The van der Waals surface area contributed by atoms with Crippen LogP contribution >= 0.6 is 11.3 Å². The summed E-state index contributed by atoms with van der Waals surface area (Å²) in [5, 5.41) is 25.9. The molecule has 0 saturated heterocycles. The first-order valence-electron chi connectivity index (χ1n) is 8.13. The number of hydrogen-bond acceptors (Lipinski definition) is 6. The second kappa shape index (κ2) is 7.81. The highest BCUT2D eigenvalue weighted by Crippen LogP contribution is 2.28. The van der Waals surface area contributed by atoms with Crippen LogP contribution in [0.2, 0.25) is 0 Å². The number of thiazole rings is 1. The third-order valence-electron chi connectivity index (χ3n) is 4.13. The number of rotatable bonds is 5. The van der Waals surface area contributed by atoms with Gasteiger partial charge in [-0.25, -0.2) is 4.98 Å². The largest absolute Gasteiger partial charge is 0.355 e. The Morgan fingerprint density at radius 1 is 1.26 bits per heavy atom. The minimum Gasteiger partial charge on any atom is -0.355 e. The molecule has 0 spiro atoms. The Labute approximate surface area is 160 Å². The summed E-state index contributed by atoms with van der Waals surface area (Å²) in [6, 6.07) is 14.5. The van der Waals surface area contributed by atoms with E-state index >= 15 is 0 Å². The maximum absolute atomic E-state index is 11.1. The van der Waals surface area contributed by atoms with E-state index in [0.717, 1.165) is 11.3 Å². The average molecular weight is 376 g/mol. The molecule has 0 atom stereocenters. The predicted molar refractivity (Wildman–Crippen MR) is 107 cm³/mol. The lowest BCUT2D eigenvalue weighted by Crippen LogP contribution is -1.96. The molecule has 0 saturated carbocycles. The molecule has 3 aromatic rings. The van der Waals surface area contributed by atoms with Gasteiger partial charge in [-0.3, -0.25) is 10.1 Å². The van der Waals surface area contributed by atoms with Gasteiger partial charge in [0.15, 0.2) is 0 Å². The van der Waals surface area contributed by atoms with Crippen LogP contribution < -0.4 is 5.32 Å².